The van der Waals surface area contributed by atoms with Crippen LogP contribution in [0.15, 0.2) is 36.7 Å². The molecule has 0 saturated carbocycles. The van der Waals surface area contributed by atoms with Crippen molar-refractivity contribution >= 4 is 17.5 Å². The first-order valence-corrected chi connectivity index (χ1v) is 8.20. The smallest absolute Gasteiger partial charge is 0.316 e. The molecule has 1 atom stereocenters. The Morgan fingerprint density at radius 3 is 2.83 bits per heavy atom. The summed E-state index contributed by atoms with van der Waals surface area (Å²) in [5, 5.41) is 0.457. The maximum absolute atomic E-state index is 12.7. The topological polar surface area (TPSA) is 64.5 Å². The van der Waals surface area contributed by atoms with E-state index in [0.717, 1.165) is 6.42 Å². The van der Waals surface area contributed by atoms with Gasteiger partial charge in [-0.2, -0.15) is 0 Å². The molecule has 0 spiro atoms. The summed E-state index contributed by atoms with van der Waals surface area (Å²) in [4.78, 5) is 22.5. The van der Waals surface area contributed by atoms with Crippen molar-refractivity contribution in [2.24, 2.45) is 0 Å². The molecule has 2 heterocycles. The summed E-state index contributed by atoms with van der Waals surface area (Å²) < 4.78 is 11.3. The van der Waals surface area contributed by atoms with Crippen LogP contribution in [-0.4, -0.2) is 46.6 Å². The summed E-state index contributed by atoms with van der Waals surface area (Å²) in [6.07, 6.45) is 3.57. The van der Waals surface area contributed by atoms with E-state index in [1.165, 1.54) is 12.4 Å². The molecule has 0 unspecified atom stereocenters. The molecule has 1 saturated heterocycles. The molecule has 1 aliphatic heterocycles. The molecule has 0 radical (unpaired) electrons. The fourth-order valence-corrected chi connectivity index (χ4v) is 2.71. The Labute approximate surface area is 145 Å². The number of likely N-dealkylation sites (tertiary alicyclic amines) is 1. The Morgan fingerprint density at radius 2 is 2.08 bits per heavy atom. The normalized spacial score (nSPS) is 16.9. The molecule has 2 aromatic rings. The van der Waals surface area contributed by atoms with Gasteiger partial charge >= 0.3 is 6.01 Å². The van der Waals surface area contributed by atoms with Crippen molar-refractivity contribution in [1.82, 2.24) is 14.9 Å². The van der Waals surface area contributed by atoms with Crippen molar-refractivity contribution in [1.29, 1.82) is 0 Å². The zero-order chi connectivity index (χ0) is 16.9. The van der Waals surface area contributed by atoms with E-state index in [4.69, 9.17) is 21.1 Å². The first-order chi connectivity index (χ1) is 11.7. The van der Waals surface area contributed by atoms with E-state index in [1.54, 1.807) is 11.0 Å². The summed E-state index contributed by atoms with van der Waals surface area (Å²) in [5.41, 5.74) is 0.572. The average Bonchev–Trinajstić information content (AvgIpc) is 3.06. The number of benzene rings is 1. The van der Waals surface area contributed by atoms with Crippen LogP contribution in [0.5, 0.6) is 11.8 Å². The number of hydrogen-bond acceptors (Lipinski definition) is 5. The van der Waals surface area contributed by atoms with Crippen LogP contribution in [0.2, 0.25) is 5.02 Å². The molecule has 1 aromatic carbocycles. The van der Waals surface area contributed by atoms with Gasteiger partial charge in [0.1, 0.15) is 11.9 Å². The quantitative estimate of drug-likeness (QED) is 0.832. The van der Waals surface area contributed by atoms with Crippen LogP contribution < -0.4 is 9.47 Å². The molecule has 7 heteroatoms. The summed E-state index contributed by atoms with van der Waals surface area (Å²) in [6.45, 7) is 3.53. The molecule has 126 valence electrons. The van der Waals surface area contributed by atoms with Crippen LogP contribution in [0.25, 0.3) is 0 Å². The van der Waals surface area contributed by atoms with E-state index in [9.17, 15) is 4.79 Å². The van der Waals surface area contributed by atoms with Crippen LogP contribution in [0.4, 0.5) is 0 Å². The van der Waals surface area contributed by atoms with E-state index < -0.39 is 0 Å². The van der Waals surface area contributed by atoms with E-state index in [2.05, 4.69) is 9.97 Å². The van der Waals surface area contributed by atoms with Crippen molar-refractivity contribution in [2.75, 3.05) is 19.7 Å². The lowest BCUT2D eigenvalue weighted by Gasteiger charge is -2.18. The molecule has 6 nitrogen and oxygen atoms in total. The number of carbonyl (C=O) groups is 1. The third-order valence-corrected chi connectivity index (χ3v) is 3.91. The number of halogens is 1. The van der Waals surface area contributed by atoms with Gasteiger partial charge in [-0.1, -0.05) is 23.7 Å². The average molecular weight is 348 g/mol. The van der Waals surface area contributed by atoms with Crippen LogP contribution >= 0.6 is 11.6 Å². The largest absolute Gasteiger partial charge is 0.493 e. The van der Waals surface area contributed by atoms with Gasteiger partial charge in [0.2, 0.25) is 0 Å². The van der Waals surface area contributed by atoms with Crippen molar-refractivity contribution in [3.8, 4) is 11.8 Å². The minimum Gasteiger partial charge on any atom is -0.493 e. The maximum Gasteiger partial charge on any atom is 0.316 e. The summed E-state index contributed by atoms with van der Waals surface area (Å²) in [6, 6.07) is 7.55. The molecular weight excluding hydrogens is 330 g/mol. The first-order valence-electron chi connectivity index (χ1n) is 7.82. The second-order valence-corrected chi connectivity index (χ2v) is 5.83. The van der Waals surface area contributed by atoms with E-state index in [-0.39, 0.29) is 18.0 Å². The van der Waals surface area contributed by atoms with E-state index >= 15 is 0 Å². The second kappa shape index (κ2) is 7.49. The standard InChI is InChI=1S/C17H18ClN3O3/c1-2-23-15-6-4-3-5-14(15)16(22)21-8-7-13(11-21)24-17-19-9-12(18)10-20-17/h3-6,9-10,13H,2,7-8,11H2,1H3/t13-/m0/s1. The number of ether oxygens (including phenoxy) is 2. The third kappa shape index (κ3) is 3.76. The fourth-order valence-electron chi connectivity index (χ4n) is 2.61. The fraction of sp³-hybridized carbons (Fsp3) is 0.353. The Hall–Kier alpha value is -2.34. The molecule has 0 bridgehead atoms. The third-order valence-electron chi connectivity index (χ3n) is 3.72. The zero-order valence-corrected chi connectivity index (χ0v) is 14.1. The van der Waals surface area contributed by atoms with Crippen LogP contribution in [-0.2, 0) is 0 Å². The highest BCUT2D eigenvalue weighted by molar-refractivity contribution is 6.30. The first kappa shape index (κ1) is 16.5. The summed E-state index contributed by atoms with van der Waals surface area (Å²) in [5.74, 6) is 0.553. The van der Waals surface area contributed by atoms with Crippen molar-refractivity contribution in [2.45, 2.75) is 19.4 Å². The highest BCUT2D eigenvalue weighted by Crippen LogP contribution is 2.23. The molecule has 3 rings (SSSR count). The number of hydrogen-bond donors (Lipinski definition) is 0. The van der Waals surface area contributed by atoms with Gasteiger partial charge in [0.15, 0.2) is 0 Å². The Morgan fingerprint density at radius 1 is 1.33 bits per heavy atom. The summed E-state index contributed by atoms with van der Waals surface area (Å²) in [7, 11) is 0. The molecule has 0 N–H and O–H groups in total. The second-order valence-electron chi connectivity index (χ2n) is 5.39. The van der Waals surface area contributed by atoms with Crippen molar-refractivity contribution in [3.05, 3.63) is 47.2 Å². The molecule has 1 aliphatic rings. The Bertz CT molecular complexity index is 708. The van der Waals surface area contributed by atoms with Crippen molar-refractivity contribution in [3.63, 3.8) is 0 Å². The van der Waals surface area contributed by atoms with Gasteiger partial charge < -0.3 is 14.4 Å². The highest BCUT2D eigenvalue weighted by atomic mass is 35.5. The molecule has 1 amide bonds. The minimum absolute atomic E-state index is 0.0535. The lowest BCUT2D eigenvalue weighted by Crippen LogP contribution is -2.31. The van der Waals surface area contributed by atoms with Gasteiger partial charge in [0.25, 0.3) is 5.91 Å². The van der Waals surface area contributed by atoms with Gasteiger partial charge in [-0.3, -0.25) is 4.79 Å². The van der Waals surface area contributed by atoms with Gasteiger partial charge in [0.05, 0.1) is 36.1 Å². The predicted molar refractivity (Wildman–Crippen MR) is 89.6 cm³/mol. The molecule has 24 heavy (non-hydrogen) atoms. The maximum atomic E-state index is 12.7. The molecule has 0 aliphatic carbocycles. The zero-order valence-electron chi connectivity index (χ0n) is 13.3. The Balaban J connectivity index is 1.65. The number of amides is 1. The van der Waals surface area contributed by atoms with E-state index in [1.807, 2.05) is 25.1 Å². The highest BCUT2D eigenvalue weighted by Gasteiger charge is 2.30. The van der Waals surface area contributed by atoms with E-state index in [0.29, 0.717) is 36.0 Å². The van der Waals surface area contributed by atoms with Gasteiger partial charge in [-0.05, 0) is 19.1 Å². The number of carbonyl (C=O) groups excluding carboxylic acids is 1. The van der Waals surface area contributed by atoms with Gasteiger partial charge in [0, 0.05) is 13.0 Å². The predicted octanol–water partition coefficient (Wildman–Crippen LogP) is 2.82. The molecule has 1 aromatic heterocycles. The minimum atomic E-state index is -0.130. The monoisotopic (exact) mass is 347 g/mol. The number of para-hydroxylation sites is 1. The summed E-state index contributed by atoms with van der Waals surface area (Å²) >= 11 is 5.76. The number of aromatic nitrogens is 2. The van der Waals surface area contributed by atoms with Crippen LogP contribution in [0, 0.1) is 0 Å². The number of nitrogens with zero attached hydrogens (tertiary/aromatic N) is 3. The van der Waals surface area contributed by atoms with Crippen LogP contribution in [0.1, 0.15) is 23.7 Å². The SMILES string of the molecule is CCOc1ccccc1C(=O)N1CC[C@H](Oc2ncc(Cl)cn2)C1. The molecular formula is C17H18ClN3O3. The number of rotatable bonds is 5. The van der Waals surface area contributed by atoms with Gasteiger partial charge in [-0.25, -0.2) is 9.97 Å². The lowest BCUT2D eigenvalue weighted by atomic mass is 10.2. The molecule has 1 fully saturated rings. The van der Waals surface area contributed by atoms with Crippen molar-refractivity contribution < 1.29 is 14.3 Å². The Kier molecular flexibility index (Phi) is 5.15. The van der Waals surface area contributed by atoms with Crippen LogP contribution in [0.3, 0.4) is 0 Å². The lowest BCUT2D eigenvalue weighted by molar-refractivity contribution is 0.0765. The van der Waals surface area contributed by atoms with Gasteiger partial charge in [-0.15, -0.1) is 0 Å².